The summed E-state index contributed by atoms with van der Waals surface area (Å²) in [6, 6.07) is 5.41. The SMILES string of the molecule is FC(F)(F)c1ccc2c(c1)N=C(Cl)c1sccc1S2. The van der Waals surface area contributed by atoms with Crippen LogP contribution in [0.15, 0.2) is 44.4 Å². The summed E-state index contributed by atoms with van der Waals surface area (Å²) in [5, 5.41) is 2.11. The lowest BCUT2D eigenvalue weighted by Crippen LogP contribution is -2.04. The van der Waals surface area contributed by atoms with Crippen LogP contribution < -0.4 is 0 Å². The van der Waals surface area contributed by atoms with Crippen LogP contribution in [0.3, 0.4) is 0 Å². The number of nitrogens with zero attached hydrogens (tertiary/aromatic N) is 1. The fourth-order valence-electron chi connectivity index (χ4n) is 1.67. The van der Waals surface area contributed by atoms with Gasteiger partial charge in [-0.05, 0) is 29.6 Å². The number of thiophene rings is 1. The van der Waals surface area contributed by atoms with Crippen molar-refractivity contribution in [2.75, 3.05) is 0 Å². The predicted octanol–water partition coefficient (Wildman–Crippen LogP) is 5.55. The predicted molar refractivity (Wildman–Crippen MR) is 71.9 cm³/mol. The molecule has 2 heterocycles. The van der Waals surface area contributed by atoms with Gasteiger partial charge in [-0.25, -0.2) is 4.99 Å². The van der Waals surface area contributed by atoms with Crippen molar-refractivity contribution in [3.63, 3.8) is 0 Å². The summed E-state index contributed by atoms with van der Waals surface area (Å²) in [7, 11) is 0. The highest BCUT2D eigenvalue weighted by Crippen LogP contribution is 2.44. The summed E-state index contributed by atoms with van der Waals surface area (Å²) in [6.07, 6.45) is -4.38. The molecule has 7 heteroatoms. The molecular weight excluding hydrogens is 315 g/mol. The second-order valence-corrected chi connectivity index (χ2v) is 6.16. The maximum Gasteiger partial charge on any atom is 0.416 e. The standard InChI is InChI=1S/C12H5ClF3NS2/c13-11-10-9(3-4-18-10)19-8-2-1-6(12(14,15)16)5-7(8)17-11/h1-5H. The van der Waals surface area contributed by atoms with Crippen molar-refractivity contribution in [1.29, 1.82) is 0 Å². The molecule has 0 saturated carbocycles. The summed E-state index contributed by atoms with van der Waals surface area (Å²) in [6.45, 7) is 0. The van der Waals surface area contributed by atoms with Gasteiger partial charge >= 0.3 is 6.18 Å². The Morgan fingerprint density at radius 1 is 1.11 bits per heavy atom. The van der Waals surface area contributed by atoms with E-state index < -0.39 is 11.7 Å². The molecular formula is C12H5ClF3NS2. The molecule has 1 aliphatic rings. The van der Waals surface area contributed by atoms with Crippen LogP contribution in [0.5, 0.6) is 0 Å². The van der Waals surface area contributed by atoms with Gasteiger partial charge in [0.1, 0.15) is 5.17 Å². The third kappa shape index (κ3) is 2.40. The Balaban J connectivity index is 2.15. The second-order valence-electron chi connectivity index (χ2n) is 3.80. The average Bonchev–Trinajstić information content (AvgIpc) is 2.73. The van der Waals surface area contributed by atoms with Crippen LogP contribution in [0.4, 0.5) is 18.9 Å². The maximum absolute atomic E-state index is 12.7. The highest BCUT2D eigenvalue weighted by molar-refractivity contribution is 7.99. The van der Waals surface area contributed by atoms with Crippen LogP contribution in [-0.4, -0.2) is 5.17 Å². The van der Waals surface area contributed by atoms with Crippen LogP contribution in [0.1, 0.15) is 10.4 Å². The first-order valence-corrected chi connectivity index (χ1v) is 7.24. The minimum Gasteiger partial charge on any atom is -0.234 e. The number of benzene rings is 1. The van der Waals surface area contributed by atoms with E-state index in [1.807, 2.05) is 11.4 Å². The molecule has 3 rings (SSSR count). The lowest BCUT2D eigenvalue weighted by molar-refractivity contribution is -0.137. The van der Waals surface area contributed by atoms with Gasteiger partial charge in [-0.3, -0.25) is 0 Å². The minimum absolute atomic E-state index is 0.232. The Hall–Kier alpha value is -0.980. The second kappa shape index (κ2) is 4.54. The summed E-state index contributed by atoms with van der Waals surface area (Å²) >= 11 is 8.85. The van der Waals surface area contributed by atoms with Gasteiger partial charge < -0.3 is 0 Å². The molecule has 0 bridgehead atoms. The van der Waals surface area contributed by atoms with Crippen LogP contribution in [-0.2, 0) is 6.18 Å². The Kier molecular flexibility index (Phi) is 3.11. The van der Waals surface area contributed by atoms with Crippen LogP contribution in [0.2, 0.25) is 0 Å². The van der Waals surface area contributed by atoms with Gasteiger partial charge in [-0.15, -0.1) is 11.3 Å². The van der Waals surface area contributed by atoms with Crippen LogP contribution in [0.25, 0.3) is 0 Å². The molecule has 1 aromatic carbocycles. The van der Waals surface area contributed by atoms with Crippen molar-refractivity contribution in [2.45, 2.75) is 16.0 Å². The van der Waals surface area contributed by atoms with Crippen molar-refractivity contribution >= 4 is 45.6 Å². The molecule has 0 saturated heterocycles. The normalized spacial score (nSPS) is 14.4. The first-order valence-electron chi connectivity index (χ1n) is 5.16. The average molecular weight is 320 g/mol. The Labute approximate surface area is 120 Å². The quantitative estimate of drug-likeness (QED) is 0.620. The van der Waals surface area contributed by atoms with E-state index in [2.05, 4.69) is 4.99 Å². The minimum atomic E-state index is -4.38. The highest BCUT2D eigenvalue weighted by atomic mass is 35.5. The molecule has 1 aromatic heterocycles. The van der Waals surface area contributed by atoms with Gasteiger partial charge in [-0.1, -0.05) is 23.4 Å². The molecule has 0 fully saturated rings. The van der Waals surface area contributed by atoms with Gasteiger partial charge in [0.15, 0.2) is 0 Å². The van der Waals surface area contributed by atoms with Gasteiger partial charge in [0.2, 0.25) is 0 Å². The van der Waals surface area contributed by atoms with Gasteiger partial charge in [-0.2, -0.15) is 13.2 Å². The molecule has 0 unspecified atom stereocenters. The zero-order chi connectivity index (χ0) is 13.6. The van der Waals surface area contributed by atoms with Crippen molar-refractivity contribution in [3.05, 3.63) is 40.1 Å². The zero-order valence-electron chi connectivity index (χ0n) is 9.16. The smallest absolute Gasteiger partial charge is 0.234 e. The fraction of sp³-hybridized carbons (Fsp3) is 0.0833. The Bertz CT molecular complexity index is 676. The number of aliphatic imine (C=N–C) groups is 1. The topological polar surface area (TPSA) is 12.4 Å². The lowest BCUT2D eigenvalue weighted by Gasteiger charge is -2.09. The first-order chi connectivity index (χ1) is 8.95. The monoisotopic (exact) mass is 319 g/mol. The van der Waals surface area contributed by atoms with Crippen molar-refractivity contribution in [3.8, 4) is 0 Å². The molecule has 2 aromatic rings. The molecule has 0 radical (unpaired) electrons. The van der Waals surface area contributed by atoms with E-state index in [0.29, 0.717) is 4.90 Å². The number of fused-ring (bicyclic) bond motifs is 2. The summed E-state index contributed by atoms with van der Waals surface area (Å²) in [5.41, 5.74) is -0.460. The molecule has 1 nitrogen and oxygen atoms in total. The molecule has 0 atom stereocenters. The van der Waals surface area contributed by atoms with E-state index in [0.717, 1.165) is 21.9 Å². The molecule has 1 aliphatic heterocycles. The fourth-order valence-corrected chi connectivity index (χ4v) is 3.98. The van der Waals surface area contributed by atoms with E-state index in [-0.39, 0.29) is 10.9 Å². The van der Waals surface area contributed by atoms with E-state index in [1.54, 1.807) is 0 Å². The summed E-state index contributed by atoms with van der Waals surface area (Å²) < 4.78 is 38.0. The van der Waals surface area contributed by atoms with Crippen LogP contribution >= 0.6 is 34.7 Å². The Morgan fingerprint density at radius 3 is 2.63 bits per heavy atom. The molecule has 19 heavy (non-hydrogen) atoms. The number of halogens is 4. The molecule has 0 N–H and O–H groups in total. The summed E-state index contributed by atoms with van der Waals surface area (Å²) in [4.78, 5) is 6.47. The molecule has 0 amide bonds. The van der Waals surface area contributed by atoms with E-state index >= 15 is 0 Å². The van der Waals surface area contributed by atoms with E-state index in [4.69, 9.17) is 11.6 Å². The third-order valence-corrected chi connectivity index (χ3v) is 5.10. The highest BCUT2D eigenvalue weighted by Gasteiger charge is 2.31. The number of hydrogen-bond donors (Lipinski definition) is 0. The number of alkyl halides is 3. The molecule has 98 valence electrons. The van der Waals surface area contributed by atoms with Crippen molar-refractivity contribution in [2.24, 2.45) is 4.99 Å². The van der Waals surface area contributed by atoms with E-state index in [1.165, 1.54) is 29.2 Å². The Morgan fingerprint density at radius 2 is 1.89 bits per heavy atom. The largest absolute Gasteiger partial charge is 0.416 e. The maximum atomic E-state index is 12.7. The zero-order valence-corrected chi connectivity index (χ0v) is 11.6. The van der Waals surface area contributed by atoms with E-state index in [9.17, 15) is 13.2 Å². The van der Waals surface area contributed by atoms with Crippen molar-refractivity contribution < 1.29 is 13.2 Å². The van der Waals surface area contributed by atoms with Crippen LogP contribution in [0, 0.1) is 0 Å². The molecule has 0 spiro atoms. The van der Waals surface area contributed by atoms with Gasteiger partial charge in [0.25, 0.3) is 0 Å². The third-order valence-electron chi connectivity index (χ3n) is 2.54. The number of rotatable bonds is 0. The van der Waals surface area contributed by atoms with Gasteiger partial charge in [0.05, 0.1) is 16.1 Å². The first kappa shape index (κ1) is 13.0. The number of hydrogen-bond acceptors (Lipinski definition) is 3. The molecule has 0 aliphatic carbocycles. The lowest BCUT2D eigenvalue weighted by atomic mass is 10.2. The van der Waals surface area contributed by atoms with Crippen molar-refractivity contribution in [1.82, 2.24) is 0 Å². The van der Waals surface area contributed by atoms with Gasteiger partial charge in [0, 0.05) is 9.79 Å². The summed E-state index contributed by atoms with van der Waals surface area (Å²) in [5.74, 6) is 0.